The molecule has 1 aliphatic heterocycles. The van der Waals surface area contributed by atoms with Crippen LogP contribution >= 0.6 is 0 Å². The summed E-state index contributed by atoms with van der Waals surface area (Å²) in [5, 5.41) is 3.37. The van der Waals surface area contributed by atoms with Gasteiger partial charge in [-0.3, -0.25) is 0 Å². The first-order valence-corrected chi connectivity index (χ1v) is 6.08. The highest BCUT2D eigenvalue weighted by Gasteiger charge is 2.22. The Bertz CT molecular complexity index is 353. The molecule has 5 nitrogen and oxygen atoms in total. The topological polar surface area (TPSA) is 56.3 Å². The van der Waals surface area contributed by atoms with Gasteiger partial charge in [-0.1, -0.05) is 0 Å². The van der Waals surface area contributed by atoms with Gasteiger partial charge in [-0.05, 0) is 20.3 Å². The molecule has 0 amide bonds. The number of anilines is 1. The maximum Gasteiger partial charge on any atom is 0.218 e. The fourth-order valence-corrected chi connectivity index (χ4v) is 1.94. The average molecular weight is 237 g/mol. The maximum absolute atomic E-state index is 5.38. The van der Waals surface area contributed by atoms with Crippen molar-refractivity contribution < 1.29 is 9.47 Å². The van der Waals surface area contributed by atoms with E-state index in [1.807, 2.05) is 13.0 Å². The molecule has 0 aliphatic carbocycles. The normalized spacial score (nSPS) is 21.2. The Hall–Kier alpha value is -1.36. The quantitative estimate of drug-likeness (QED) is 0.845. The van der Waals surface area contributed by atoms with E-state index in [4.69, 9.17) is 9.47 Å². The second-order valence-corrected chi connectivity index (χ2v) is 4.23. The molecule has 0 aromatic carbocycles. The lowest BCUT2D eigenvalue weighted by Gasteiger charge is -2.19. The van der Waals surface area contributed by atoms with Crippen LogP contribution < -0.4 is 10.1 Å². The molecule has 5 heteroatoms. The van der Waals surface area contributed by atoms with Crippen LogP contribution in [0.4, 0.5) is 5.82 Å². The number of hydrogen-bond donors (Lipinski definition) is 1. The Kier molecular flexibility index (Phi) is 4.14. The van der Waals surface area contributed by atoms with Crippen molar-refractivity contribution >= 4 is 5.82 Å². The lowest BCUT2D eigenvalue weighted by molar-refractivity contribution is 0.183. The molecule has 0 radical (unpaired) electrons. The standard InChI is InChI=1S/C12H19N3O2/c1-3-17-12-6-11(13-8-14-12)15-9(2)10-4-5-16-7-10/h6,8-10H,3-5,7H2,1-2H3,(H,13,14,15)/t9-,10-/m0/s1. The summed E-state index contributed by atoms with van der Waals surface area (Å²) < 4.78 is 10.7. The lowest BCUT2D eigenvalue weighted by atomic mass is 10.0. The van der Waals surface area contributed by atoms with Gasteiger partial charge in [0.25, 0.3) is 0 Å². The van der Waals surface area contributed by atoms with Crippen LogP contribution in [0.3, 0.4) is 0 Å². The number of aromatic nitrogens is 2. The van der Waals surface area contributed by atoms with E-state index in [2.05, 4.69) is 22.2 Å². The predicted octanol–water partition coefficient (Wildman–Crippen LogP) is 1.71. The maximum atomic E-state index is 5.38. The Balaban J connectivity index is 1.94. The summed E-state index contributed by atoms with van der Waals surface area (Å²) >= 11 is 0. The van der Waals surface area contributed by atoms with Crippen LogP contribution in [0, 0.1) is 5.92 Å². The van der Waals surface area contributed by atoms with Crippen molar-refractivity contribution in [2.24, 2.45) is 5.92 Å². The summed E-state index contributed by atoms with van der Waals surface area (Å²) in [6.45, 7) is 6.40. The first-order valence-electron chi connectivity index (χ1n) is 6.08. The Morgan fingerprint density at radius 2 is 2.47 bits per heavy atom. The van der Waals surface area contributed by atoms with Gasteiger partial charge in [0.1, 0.15) is 12.1 Å². The zero-order chi connectivity index (χ0) is 12.1. The first kappa shape index (κ1) is 12.1. The molecule has 2 rings (SSSR count). The summed E-state index contributed by atoms with van der Waals surface area (Å²) in [7, 11) is 0. The summed E-state index contributed by atoms with van der Waals surface area (Å²) in [6.07, 6.45) is 2.63. The fraction of sp³-hybridized carbons (Fsp3) is 0.667. The Morgan fingerprint density at radius 3 is 3.18 bits per heavy atom. The second kappa shape index (κ2) is 5.82. The summed E-state index contributed by atoms with van der Waals surface area (Å²) in [5.41, 5.74) is 0. The zero-order valence-corrected chi connectivity index (χ0v) is 10.3. The largest absolute Gasteiger partial charge is 0.478 e. The van der Waals surface area contributed by atoms with Crippen molar-refractivity contribution in [3.8, 4) is 5.88 Å². The summed E-state index contributed by atoms with van der Waals surface area (Å²) in [6, 6.07) is 2.18. The van der Waals surface area contributed by atoms with E-state index in [1.54, 1.807) is 0 Å². The monoisotopic (exact) mass is 237 g/mol. The molecular formula is C12H19N3O2. The van der Waals surface area contributed by atoms with E-state index >= 15 is 0 Å². The zero-order valence-electron chi connectivity index (χ0n) is 10.3. The molecule has 0 bridgehead atoms. The molecule has 0 unspecified atom stereocenters. The van der Waals surface area contributed by atoms with Gasteiger partial charge in [0, 0.05) is 24.6 Å². The van der Waals surface area contributed by atoms with E-state index in [0.29, 0.717) is 24.4 Å². The third-order valence-electron chi connectivity index (χ3n) is 2.98. The fourth-order valence-electron chi connectivity index (χ4n) is 1.94. The highest BCUT2D eigenvalue weighted by atomic mass is 16.5. The number of rotatable bonds is 5. The van der Waals surface area contributed by atoms with Gasteiger partial charge >= 0.3 is 0 Å². The van der Waals surface area contributed by atoms with E-state index in [-0.39, 0.29) is 0 Å². The van der Waals surface area contributed by atoms with Crippen LogP contribution in [-0.4, -0.2) is 35.8 Å². The van der Waals surface area contributed by atoms with Gasteiger partial charge in [-0.25, -0.2) is 9.97 Å². The summed E-state index contributed by atoms with van der Waals surface area (Å²) in [4.78, 5) is 8.23. The van der Waals surface area contributed by atoms with E-state index in [1.165, 1.54) is 6.33 Å². The smallest absolute Gasteiger partial charge is 0.218 e. The first-order chi connectivity index (χ1) is 8.29. The molecule has 2 heterocycles. The molecule has 0 spiro atoms. The minimum Gasteiger partial charge on any atom is -0.478 e. The minimum atomic E-state index is 0.349. The molecule has 17 heavy (non-hydrogen) atoms. The number of hydrogen-bond acceptors (Lipinski definition) is 5. The molecule has 1 aromatic heterocycles. The number of nitrogens with zero attached hydrogens (tertiary/aromatic N) is 2. The van der Waals surface area contributed by atoms with Crippen LogP contribution in [0.1, 0.15) is 20.3 Å². The van der Waals surface area contributed by atoms with E-state index in [9.17, 15) is 0 Å². The molecule has 1 fully saturated rings. The third kappa shape index (κ3) is 3.30. The molecule has 1 saturated heterocycles. The van der Waals surface area contributed by atoms with Gasteiger partial charge in [0.05, 0.1) is 13.2 Å². The Morgan fingerprint density at radius 1 is 1.59 bits per heavy atom. The molecule has 94 valence electrons. The predicted molar refractivity (Wildman–Crippen MR) is 65.2 cm³/mol. The van der Waals surface area contributed by atoms with Crippen molar-refractivity contribution in [1.82, 2.24) is 9.97 Å². The van der Waals surface area contributed by atoms with Crippen LogP contribution in [0.15, 0.2) is 12.4 Å². The average Bonchev–Trinajstić information content (AvgIpc) is 2.83. The van der Waals surface area contributed by atoms with E-state index < -0.39 is 0 Å². The van der Waals surface area contributed by atoms with Crippen molar-refractivity contribution in [3.63, 3.8) is 0 Å². The number of nitrogens with one attached hydrogen (secondary N) is 1. The van der Waals surface area contributed by atoms with Crippen molar-refractivity contribution in [3.05, 3.63) is 12.4 Å². The van der Waals surface area contributed by atoms with Gasteiger partial charge in [0.15, 0.2) is 0 Å². The molecular weight excluding hydrogens is 218 g/mol. The van der Waals surface area contributed by atoms with Crippen LogP contribution in [0.25, 0.3) is 0 Å². The van der Waals surface area contributed by atoms with E-state index in [0.717, 1.165) is 25.5 Å². The second-order valence-electron chi connectivity index (χ2n) is 4.23. The Labute approximate surface area is 102 Å². The third-order valence-corrected chi connectivity index (χ3v) is 2.98. The van der Waals surface area contributed by atoms with Crippen molar-refractivity contribution in [1.29, 1.82) is 0 Å². The minimum absolute atomic E-state index is 0.349. The van der Waals surface area contributed by atoms with Crippen molar-refractivity contribution in [2.75, 3.05) is 25.1 Å². The molecule has 1 aliphatic rings. The van der Waals surface area contributed by atoms with Gasteiger partial charge in [0.2, 0.25) is 5.88 Å². The van der Waals surface area contributed by atoms with Gasteiger partial charge in [-0.2, -0.15) is 0 Å². The number of ether oxygens (including phenoxy) is 2. The molecule has 2 atom stereocenters. The highest BCUT2D eigenvalue weighted by molar-refractivity contribution is 5.38. The molecule has 1 aromatic rings. The lowest BCUT2D eigenvalue weighted by Crippen LogP contribution is -2.26. The van der Waals surface area contributed by atoms with Crippen LogP contribution in [-0.2, 0) is 4.74 Å². The highest BCUT2D eigenvalue weighted by Crippen LogP contribution is 2.20. The van der Waals surface area contributed by atoms with Crippen LogP contribution in [0.2, 0.25) is 0 Å². The van der Waals surface area contributed by atoms with Gasteiger partial charge in [-0.15, -0.1) is 0 Å². The summed E-state index contributed by atoms with van der Waals surface area (Å²) in [5.74, 6) is 1.98. The van der Waals surface area contributed by atoms with Crippen LogP contribution in [0.5, 0.6) is 5.88 Å². The van der Waals surface area contributed by atoms with Crippen molar-refractivity contribution in [2.45, 2.75) is 26.3 Å². The SMILES string of the molecule is CCOc1cc(N[C@@H](C)[C@H]2CCOC2)ncn1. The van der Waals surface area contributed by atoms with Gasteiger partial charge < -0.3 is 14.8 Å². The molecule has 0 saturated carbocycles. The molecule has 1 N–H and O–H groups in total.